The zero-order valence-electron chi connectivity index (χ0n) is 15.7. The van der Waals surface area contributed by atoms with Crippen LogP contribution in [0, 0.1) is 6.92 Å². The second-order valence-electron chi connectivity index (χ2n) is 6.69. The Balaban J connectivity index is 1.88. The van der Waals surface area contributed by atoms with Gasteiger partial charge in [0.15, 0.2) is 0 Å². The number of carbonyl (C=O) groups is 1. The van der Waals surface area contributed by atoms with Crippen molar-refractivity contribution in [2.45, 2.75) is 39.7 Å². The number of hydrogen-bond acceptors (Lipinski definition) is 5. The van der Waals surface area contributed by atoms with Crippen molar-refractivity contribution in [3.8, 4) is 10.6 Å². The maximum absolute atomic E-state index is 12.2. The molecule has 1 aliphatic rings. The largest absolute Gasteiger partial charge is 0.379 e. The minimum Gasteiger partial charge on any atom is -0.379 e. The summed E-state index contributed by atoms with van der Waals surface area (Å²) in [6.45, 7) is 9.76. The van der Waals surface area contributed by atoms with Crippen molar-refractivity contribution in [2.24, 2.45) is 5.73 Å². The number of primary amides is 1. The summed E-state index contributed by atoms with van der Waals surface area (Å²) < 4.78 is 7.71. The number of nitrogens with two attached hydrogens (primary N) is 1. The summed E-state index contributed by atoms with van der Waals surface area (Å²) >= 11 is 1.56. The van der Waals surface area contributed by atoms with Gasteiger partial charge in [-0.25, -0.2) is 4.98 Å². The summed E-state index contributed by atoms with van der Waals surface area (Å²) in [5.41, 5.74) is 9.48. The molecule has 0 unspecified atom stereocenters. The van der Waals surface area contributed by atoms with Gasteiger partial charge in [0.25, 0.3) is 5.91 Å². The molecule has 0 radical (unpaired) electrons. The van der Waals surface area contributed by atoms with Crippen LogP contribution < -0.4 is 5.73 Å². The predicted molar refractivity (Wildman–Crippen MR) is 105 cm³/mol. The number of thiazole rings is 1. The van der Waals surface area contributed by atoms with E-state index in [1.807, 2.05) is 12.3 Å². The molecule has 2 N–H and O–H groups in total. The Kier molecular flexibility index (Phi) is 6.45. The molecule has 0 saturated carbocycles. The first-order valence-electron chi connectivity index (χ1n) is 9.35. The Bertz CT molecular complexity index is 733. The van der Waals surface area contributed by atoms with E-state index >= 15 is 0 Å². The zero-order valence-corrected chi connectivity index (χ0v) is 16.5. The quantitative estimate of drug-likeness (QED) is 0.769. The third kappa shape index (κ3) is 4.00. The first-order valence-corrected chi connectivity index (χ1v) is 10.2. The predicted octanol–water partition coefficient (Wildman–Crippen LogP) is 2.69. The van der Waals surface area contributed by atoms with E-state index in [0.717, 1.165) is 74.9 Å². The van der Waals surface area contributed by atoms with Gasteiger partial charge in [0.1, 0.15) is 5.01 Å². The van der Waals surface area contributed by atoms with Crippen LogP contribution in [-0.2, 0) is 17.7 Å². The lowest BCUT2D eigenvalue weighted by Gasteiger charge is -2.26. The molecule has 3 rings (SSSR count). The molecule has 2 aromatic rings. The maximum atomic E-state index is 12.2. The molecule has 0 bridgehead atoms. The molecular formula is C19H28N4O2S. The summed E-state index contributed by atoms with van der Waals surface area (Å²) in [7, 11) is 0. The van der Waals surface area contributed by atoms with Gasteiger partial charge >= 0.3 is 0 Å². The van der Waals surface area contributed by atoms with E-state index in [9.17, 15) is 4.79 Å². The molecule has 0 aromatic carbocycles. The number of rotatable bonds is 8. The highest BCUT2D eigenvalue weighted by Gasteiger charge is 2.25. The highest BCUT2D eigenvalue weighted by molar-refractivity contribution is 7.13. The van der Waals surface area contributed by atoms with Crippen molar-refractivity contribution in [3.05, 3.63) is 28.5 Å². The normalized spacial score (nSPS) is 15.5. The van der Waals surface area contributed by atoms with Gasteiger partial charge in [-0.3, -0.25) is 9.69 Å². The molecule has 0 spiro atoms. The SMILES string of the molecule is CCCc1c(-c2nccs2)c(C(N)=O)c(C)n1CCCN1CCOCC1. The Morgan fingerprint density at radius 3 is 2.73 bits per heavy atom. The Morgan fingerprint density at radius 2 is 2.12 bits per heavy atom. The number of carbonyl (C=O) groups excluding carboxylic acids is 1. The smallest absolute Gasteiger partial charge is 0.251 e. The van der Waals surface area contributed by atoms with Crippen LogP contribution in [0.2, 0.25) is 0 Å². The average Bonchev–Trinajstić information content (AvgIpc) is 3.24. The van der Waals surface area contributed by atoms with Crippen LogP contribution >= 0.6 is 11.3 Å². The molecule has 1 fully saturated rings. The van der Waals surface area contributed by atoms with E-state index in [0.29, 0.717) is 5.56 Å². The topological polar surface area (TPSA) is 73.4 Å². The minimum absolute atomic E-state index is 0.364. The molecule has 3 heterocycles. The van der Waals surface area contributed by atoms with E-state index in [-0.39, 0.29) is 5.91 Å². The van der Waals surface area contributed by atoms with E-state index in [2.05, 4.69) is 21.4 Å². The Labute approximate surface area is 159 Å². The van der Waals surface area contributed by atoms with Gasteiger partial charge in [-0.2, -0.15) is 0 Å². The van der Waals surface area contributed by atoms with Gasteiger partial charge in [-0.1, -0.05) is 13.3 Å². The van der Waals surface area contributed by atoms with Crippen LogP contribution in [0.15, 0.2) is 11.6 Å². The zero-order chi connectivity index (χ0) is 18.5. The second kappa shape index (κ2) is 8.79. The highest BCUT2D eigenvalue weighted by atomic mass is 32.1. The fraction of sp³-hybridized carbons (Fsp3) is 0.579. The van der Waals surface area contributed by atoms with Crippen LogP contribution in [0.25, 0.3) is 10.6 Å². The molecule has 1 aliphatic heterocycles. The monoisotopic (exact) mass is 376 g/mol. The van der Waals surface area contributed by atoms with Gasteiger partial charge in [-0.15, -0.1) is 11.3 Å². The molecule has 6 nitrogen and oxygen atoms in total. The fourth-order valence-electron chi connectivity index (χ4n) is 3.75. The van der Waals surface area contributed by atoms with Crippen molar-refractivity contribution in [3.63, 3.8) is 0 Å². The molecule has 7 heteroatoms. The van der Waals surface area contributed by atoms with Crippen molar-refractivity contribution in [2.75, 3.05) is 32.8 Å². The molecule has 1 amide bonds. The van der Waals surface area contributed by atoms with E-state index in [4.69, 9.17) is 10.5 Å². The van der Waals surface area contributed by atoms with E-state index < -0.39 is 0 Å². The molecular weight excluding hydrogens is 348 g/mol. The lowest BCUT2D eigenvalue weighted by Crippen LogP contribution is -2.37. The molecule has 142 valence electrons. The first-order chi connectivity index (χ1) is 12.6. The fourth-order valence-corrected chi connectivity index (χ4v) is 4.46. The Hall–Kier alpha value is -1.70. The van der Waals surface area contributed by atoms with Crippen molar-refractivity contribution in [1.82, 2.24) is 14.5 Å². The summed E-state index contributed by atoms with van der Waals surface area (Å²) in [4.78, 5) is 19.1. The molecule has 1 saturated heterocycles. The summed E-state index contributed by atoms with van der Waals surface area (Å²) in [6.07, 6.45) is 4.76. The lowest BCUT2D eigenvalue weighted by molar-refractivity contribution is 0.0369. The van der Waals surface area contributed by atoms with E-state index in [1.165, 1.54) is 5.69 Å². The lowest BCUT2D eigenvalue weighted by atomic mass is 10.1. The van der Waals surface area contributed by atoms with Gasteiger partial charge < -0.3 is 15.0 Å². The average molecular weight is 377 g/mol. The summed E-state index contributed by atoms with van der Waals surface area (Å²) in [5, 5.41) is 2.83. The number of ether oxygens (including phenoxy) is 1. The van der Waals surface area contributed by atoms with Crippen molar-refractivity contribution >= 4 is 17.2 Å². The van der Waals surface area contributed by atoms with Crippen LogP contribution in [-0.4, -0.2) is 53.2 Å². The van der Waals surface area contributed by atoms with Crippen molar-refractivity contribution < 1.29 is 9.53 Å². The highest BCUT2D eigenvalue weighted by Crippen LogP contribution is 2.34. The number of morpholine rings is 1. The standard InChI is InChI=1S/C19H28N4O2S/c1-3-5-15-17(19-21-6-13-26-19)16(18(20)24)14(2)23(15)8-4-7-22-9-11-25-12-10-22/h6,13H,3-5,7-12H2,1-2H3,(H2,20,24). The Morgan fingerprint density at radius 1 is 1.35 bits per heavy atom. The van der Waals surface area contributed by atoms with Gasteiger partial charge in [0, 0.05) is 54.7 Å². The number of aromatic nitrogens is 2. The molecule has 26 heavy (non-hydrogen) atoms. The van der Waals surface area contributed by atoms with Gasteiger partial charge in [-0.05, 0) is 19.8 Å². The maximum Gasteiger partial charge on any atom is 0.251 e. The summed E-state index contributed by atoms with van der Waals surface area (Å²) in [6, 6.07) is 0. The molecule has 2 aromatic heterocycles. The number of hydrogen-bond donors (Lipinski definition) is 1. The van der Waals surface area contributed by atoms with Crippen LogP contribution in [0.1, 0.15) is 41.5 Å². The third-order valence-electron chi connectivity index (χ3n) is 4.97. The van der Waals surface area contributed by atoms with Crippen LogP contribution in [0.4, 0.5) is 0 Å². The van der Waals surface area contributed by atoms with Crippen molar-refractivity contribution in [1.29, 1.82) is 0 Å². The number of nitrogens with zero attached hydrogens (tertiary/aromatic N) is 3. The molecule has 0 aliphatic carbocycles. The number of amides is 1. The van der Waals surface area contributed by atoms with Crippen LogP contribution in [0.3, 0.4) is 0 Å². The second-order valence-corrected chi connectivity index (χ2v) is 7.59. The van der Waals surface area contributed by atoms with Crippen LogP contribution in [0.5, 0.6) is 0 Å². The third-order valence-corrected chi connectivity index (χ3v) is 5.76. The van der Waals surface area contributed by atoms with Gasteiger partial charge in [0.2, 0.25) is 0 Å². The van der Waals surface area contributed by atoms with Gasteiger partial charge in [0.05, 0.1) is 18.8 Å². The molecule has 0 atom stereocenters. The van der Waals surface area contributed by atoms with E-state index in [1.54, 1.807) is 17.5 Å². The minimum atomic E-state index is -0.364. The first kappa shape index (κ1) is 19.1. The summed E-state index contributed by atoms with van der Waals surface area (Å²) in [5.74, 6) is -0.364.